The molecule has 0 aliphatic carbocycles. The Morgan fingerprint density at radius 2 is 1.91 bits per heavy atom. The minimum absolute atomic E-state index is 0.681. The van der Waals surface area contributed by atoms with Crippen molar-refractivity contribution in [2.24, 2.45) is 0 Å². The number of thioether (sulfide) groups is 1. The highest BCUT2D eigenvalue weighted by Gasteiger charge is 2.15. The number of para-hydroxylation sites is 1. The molecule has 3 nitrogen and oxygen atoms in total. The van der Waals surface area contributed by atoms with E-state index in [-0.39, 0.29) is 0 Å². The summed E-state index contributed by atoms with van der Waals surface area (Å²) in [5.74, 6) is 1.56. The Hall–Kier alpha value is -2.04. The number of nitrogens with zero attached hydrogens (tertiary/aromatic N) is 3. The van der Waals surface area contributed by atoms with Gasteiger partial charge in [-0.15, -0.1) is 16.8 Å². The van der Waals surface area contributed by atoms with Gasteiger partial charge >= 0.3 is 0 Å². The number of aromatic nitrogens is 3. The molecule has 2 aromatic carbocycles. The third-order valence-corrected chi connectivity index (χ3v) is 4.22. The summed E-state index contributed by atoms with van der Waals surface area (Å²) in [5.41, 5.74) is 1.96. The third-order valence-electron chi connectivity index (χ3n) is 3.06. The first-order valence-electron chi connectivity index (χ1n) is 6.80. The van der Waals surface area contributed by atoms with E-state index in [0.29, 0.717) is 5.02 Å². The maximum Gasteiger partial charge on any atom is 0.196 e. The lowest BCUT2D eigenvalue weighted by atomic mass is 10.2. The molecule has 0 bridgehead atoms. The molecule has 3 aromatic rings. The van der Waals surface area contributed by atoms with Crippen molar-refractivity contribution < 1.29 is 0 Å². The quantitative estimate of drug-likeness (QED) is 0.495. The van der Waals surface area contributed by atoms with Crippen LogP contribution in [0.1, 0.15) is 0 Å². The topological polar surface area (TPSA) is 30.7 Å². The molecular formula is C17H14ClN3S. The molecule has 0 N–H and O–H groups in total. The van der Waals surface area contributed by atoms with Gasteiger partial charge in [-0.2, -0.15) is 0 Å². The fourth-order valence-corrected chi connectivity index (χ4v) is 3.00. The van der Waals surface area contributed by atoms with E-state index in [9.17, 15) is 0 Å². The normalized spacial score (nSPS) is 10.6. The Morgan fingerprint density at radius 1 is 1.09 bits per heavy atom. The molecule has 0 saturated carbocycles. The molecule has 0 fully saturated rings. The molecule has 0 unspecified atom stereocenters. The molecule has 0 amide bonds. The minimum atomic E-state index is 0.681. The van der Waals surface area contributed by atoms with Gasteiger partial charge in [0, 0.05) is 22.0 Å². The van der Waals surface area contributed by atoms with E-state index in [1.54, 1.807) is 11.8 Å². The van der Waals surface area contributed by atoms with E-state index in [1.807, 2.05) is 65.2 Å². The SMILES string of the molecule is C=CCSc1nnc(-c2cccc(Cl)c2)n1-c1ccccc1. The second-order valence-electron chi connectivity index (χ2n) is 4.59. The van der Waals surface area contributed by atoms with Crippen molar-refractivity contribution in [2.75, 3.05) is 5.75 Å². The second kappa shape index (κ2) is 6.81. The fourth-order valence-electron chi connectivity index (χ4n) is 2.12. The number of halogens is 1. The van der Waals surface area contributed by atoms with Crippen molar-refractivity contribution in [1.29, 1.82) is 0 Å². The number of benzene rings is 2. The summed E-state index contributed by atoms with van der Waals surface area (Å²) in [6.45, 7) is 3.76. The van der Waals surface area contributed by atoms with E-state index in [4.69, 9.17) is 11.6 Å². The van der Waals surface area contributed by atoms with Gasteiger partial charge in [-0.3, -0.25) is 4.57 Å². The summed E-state index contributed by atoms with van der Waals surface area (Å²) < 4.78 is 2.04. The highest BCUT2D eigenvalue weighted by Crippen LogP contribution is 2.29. The van der Waals surface area contributed by atoms with Gasteiger partial charge in [0.1, 0.15) is 0 Å². The fraction of sp³-hybridized carbons (Fsp3) is 0.0588. The van der Waals surface area contributed by atoms with Crippen LogP contribution >= 0.6 is 23.4 Å². The summed E-state index contributed by atoms with van der Waals surface area (Å²) in [4.78, 5) is 0. The van der Waals surface area contributed by atoms with Gasteiger partial charge in [0.05, 0.1) is 0 Å². The zero-order valence-electron chi connectivity index (χ0n) is 11.8. The molecule has 0 spiro atoms. The zero-order chi connectivity index (χ0) is 15.4. The molecule has 22 heavy (non-hydrogen) atoms. The van der Waals surface area contributed by atoms with Crippen LogP contribution in [0.3, 0.4) is 0 Å². The van der Waals surface area contributed by atoms with Crippen LogP contribution in [0.15, 0.2) is 72.4 Å². The van der Waals surface area contributed by atoms with Crippen molar-refractivity contribution in [3.05, 3.63) is 72.3 Å². The number of hydrogen-bond acceptors (Lipinski definition) is 3. The predicted octanol–water partition coefficient (Wildman–Crippen LogP) is 4.87. The Bertz CT molecular complexity index is 784. The van der Waals surface area contributed by atoms with E-state index in [0.717, 1.165) is 28.0 Å². The van der Waals surface area contributed by atoms with Crippen molar-refractivity contribution in [1.82, 2.24) is 14.8 Å². The Labute approximate surface area is 138 Å². The van der Waals surface area contributed by atoms with Crippen LogP contribution in [0, 0.1) is 0 Å². The molecule has 0 atom stereocenters. The highest BCUT2D eigenvalue weighted by molar-refractivity contribution is 7.99. The maximum absolute atomic E-state index is 6.11. The van der Waals surface area contributed by atoms with Gasteiger partial charge in [0.15, 0.2) is 11.0 Å². The van der Waals surface area contributed by atoms with Gasteiger partial charge < -0.3 is 0 Å². The number of rotatable bonds is 5. The molecule has 0 saturated heterocycles. The lowest BCUT2D eigenvalue weighted by Gasteiger charge is -2.10. The Morgan fingerprint density at radius 3 is 2.64 bits per heavy atom. The van der Waals surface area contributed by atoms with E-state index >= 15 is 0 Å². The van der Waals surface area contributed by atoms with Gasteiger partial charge in [0.25, 0.3) is 0 Å². The summed E-state index contributed by atoms with van der Waals surface area (Å²) in [7, 11) is 0. The molecule has 0 radical (unpaired) electrons. The van der Waals surface area contributed by atoms with Gasteiger partial charge in [-0.25, -0.2) is 0 Å². The monoisotopic (exact) mass is 327 g/mol. The second-order valence-corrected chi connectivity index (χ2v) is 6.01. The first-order chi connectivity index (χ1) is 10.8. The van der Waals surface area contributed by atoms with Crippen LogP contribution in [0.5, 0.6) is 0 Å². The molecule has 1 aromatic heterocycles. The summed E-state index contributed by atoms with van der Waals surface area (Å²) in [6, 6.07) is 17.7. The molecule has 110 valence electrons. The minimum Gasteiger partial charge on any atom is -0.270 e. The average molecular weight is 328 g/mol. The smallest absolute Gasteiger partial charge is 0.196 e. The van der Waals surface area contributed by atoms with E-state index in [1.165, 1.54) is 0 Å². The van der Waals surface area contributed by atoms with Crippen molar-refractivity contribution in [3.8, 4) is 17.1 Å². The molecule has 0 aliphatic rings. The largest absolute Gasteiger partial charge is 0.270 e. The number of hydrogen-bond donors (Lipinski definition) is 0. The lowest BCUT2D eigenvalue weighted by Crippen LogP contribution is -1.99. The van der Waals surface area contributed by atoms with Crippen molar-refractivity contribution in [2.45, 2.75) is 5.16 Å². The molecular weight excluding hydrogens is 314 g/mol. The first kappa shape index (κ1) is 14.9. The Kier molecular flexibility index (Phi) is 4.61. The van der Waals surface area contributed by atoms with Gasteiger partial charge in [-0.05, 0) is 24.3 Å². The van der Waals surface area contributed by atoms with E-state index < -0.39 is 0 Å². The van der Waals surface area contributed by atoms with Gasteiger partial charge in [0.2, 0.25) is 0 Å². The van der Waals surface area contributed by atoms with Crippen LogP contribution in [0.2, 0.25) is 5.02 Å². The Balaban J connectivity index is 2.14. The van der Waals surface area contributed by atoms with E-state index in [2.05, 4.69) is 16.8 Å². The third kappa shape index (κ3) is 3.08. The first-order valence-corrected chi connectivity index (χ1v) is 8.16. The standard InChI is InChI=1S/C17H14ClN3S/c1-2-11-22-17-20-19-16(13-7-6-8-14(18)12-13)21(17)15-9-4-3-5-10-15/h2-10,12H,1,11H2. The molecule has 3 rings (SSSR count). The average Bonchev–Trinajstić information content (AvgIpc) is 2.97. The van der Waals surface area contributed by atoms with Crippen LogP contribution in [0.25, 0.3) is 17.1 Å². The summed E-state index contributed by atoms with van der Waals surface area (Å²) in [6.07, 6.45) is 1.85. The summed E-state index contributed by atoms with van der Waals surface area (Å²) >= 11 is 7.71. The van der Waals surface area contributed by atoms with Crippen LogP contribution in [-0.2, 0) is 0 Å². The van der Waals surface area contributed by atoms with Crippen LogP contribution < -0.4 is 0 Å². The van der Waals surface area contributed by atoms with Crippen LogP contribution in [-0.4, -0.2) is 20.5 Å². The molecule has 1 heterocycles. The van der Waals surface area contributed by atoms with Crippen LogP contribution in [0.4, 0.5) is 0 Å². The maximum atomic E-state index is 6.11. The predicted molar refractivity (Wildman–Crippen MR) is 92.7 cm³/mol. The molecule has 5 heteroatoms. The molecule has 0 aliphatic heterocycles. The van der Waals surface area contributed by atoms with Gasteiger partial charge in [-0.1, -0.05) is 59.8 Å². The summed E-state index contributed by atoms with van der Waals surface area (Å²) in [5, 5.41) is 10.2. The highest BCUT2D eigenvalue weighted by atomic mass is 35.5. The van der Waals surface area contributed by atoms with Crippen molar-refractivity contribution >= 4 is 23.4 Å². The van der Waals surface area contributed by atoms with Crippen molar-refractivity contribution in [3.63, 3.8) is 0 Å². The zero-order valence-corrected chi connectivity index (χ0v) is 13.4. The lowest BCUT2D eigenvalue weighted by molar-refractivity contribution is 0.888.